The van der Waals surface area contributed by atoms with Gasteiger partial charge in [-0.1, -0.05) is 23.8 Å². The molecule has 0 saturated carbocycles. The van der Waals surface area contributed by atoms with Gasteiger partial charge in [-0.3, -0.25) is 0 Å². The molecule has 0 fully saturated rings. The van der Waals surface area contributed by atoms with Crippen molar-refractivity contribution in [2.24, 2.45) is 10.9 Å². The summed E-state index contributed by atoms with van der Waals surface area (Å²) in [5.41, 5.74) is 2.86. The van der Waals surface area contributed by atoms with Crippen LogP contribution in [-0.4, -0.2) is 13.3 Å². The molecule has 1 nitrogen and oxygen atoms in total. The van der Waals surface area contributed by atoms with Gasteiger partial charge in [0.15, 0.2) is 0 Å². The fourth-order valence-electron chi connectivity index (χ4n) is 1.61. The van der Waals surface area contributed by atoms with Gasteiger partial charge in [-0.2, -0.15) is 0 Å². The van der Waals surface area contributed by atoms with Gasteiger partial charge in [0.1, 0.15) is 0 Å². The second-order valence-electron chi connectivity index (χ2n) is 3.51. The summed E-state index contributed by atoms with van der Waals surface area (Å²) in [6.45, 7) is 10.6. The zero-order chi connectivity index (χ0) is 8.97. The second-order valence-corrected chi connectivity index (χ2v) is 3.51. The van der Waals surface area contributed by atoms with Gasteiger partial charge in [-0.05, 0) is 38.8 Å². The van der Waals surface area contributed by atoms with Gasteiger partial charge in [-0.15, -0.1) is 0 Å². The summed E-state index contributed by atoms with van der Waals surface area (Å²) in [4.78, 5) is 3.87. The Labute approximate surface area is 74.9 Å². The maximum absolute atomic E-state index is 4.08. The third-order valence-electron chi connectivity index (χ3n) is 2.45. The van der Waals surface area contributed by atoms with Crippen LogP contribution in [0.4, 0.5) is 0 Å². The molecular weight excluding hydrogens is 146 g/mol. The molecule has 0 saturated heterocycles. The summed E-state index contributed by atoms with van der Waals surface area (Å²) in [5, 5.41) is 0. The fraction of sp³-hybridized carbons (Fsp3) is 0.545. The standard InChI is InChI=1S/C11H17N/c1-9-4-5-10(2)11(8-9)6-7-12-3/h8,11H,2-7H2,1H3. The Bertz CT molecular complexity index is 213. The SMILES string of the molecule is C=NCCC1C=C(C)CCC1=C. The fourth-order valence-corrected chi connectivity index (χ4v) is 1.61. The van der Waals surface area contributed by atoms with Crippen molar-refractivity contribution in [3.63, 3.8) is 0 Å². The van der Waals surface area contributed by atoms with Crippen molar-refractivity contribution in [2.45, 2.75) is 26.2 Å². The van der Waals surface area contributed by atoms with Gasteiger partial charge in [-0.25, -0.2) is 0 Å². The van der Waals surface area contributed by atoms with Crippen LogP contribution in [0.5, 0.6) is 0 Å². The van der Waals surface area contributed by atoms with Gasteiger partial charge in [0.25, 0.3) is 0 Å². The van der Waals surface area contributed by atoms with Crippen LogP contribution < -0.4 is 0 Å². The third kappa shape index (κ3) is 2.33. The molecule has 1 heteroatoms. The van der Waals surface area contributed by atoms with E-state index in [0.29, 0.717) is 5.92 Å². The largest absolute Gasteiger partial charge is 0.301 e. The van der Waals surface area contributed by atoms with Crippen LogP contribution in [-0.2, 0) is 0 Å². The molecule has 0 aromatic rings. The molecule has 66 valence electrons. The summed E-state index contributed by atoms with van der Waals surface area (Å²) in [6.07, 6.45) is 5.76. The summed E-state index contributed by atoms with van der Waals surface area (Å²) in [5.74, 6) is 0.559. The molecule has 0 aromatic heterocycles. The minimum atomic E-state index is 0.559. The minimum absolute atomic E-state index is 0.559. The molecule has 0 amide bonds. The van der Waals surface area contributed by atoms with Gasteiger partial charge < -0.3 is 4.99 Å². The van der Waals surface area contributed by atoms with Crippen LogP contribution in [0.2, 0.25) is 0 Å². The lowest BCUT2D eigenvalue weighted by Crippen LogP contribution is -2.07. The number of allylic oxidation sites excluding steroid dienone is 3. The number of hydrogen-bond donors (Lipinski definition) is 0. The molecule has 12 heavy (non-hydrogen) atoms. The number of nitrogens with zero attached hydrogens (tertiary/aromatic N) is 1. The lowest BCUT2D eigenvalue weighted by atomic mass is 9.85. The molecule has 1 aliphatic carbocycles. The molecule has 0 radical (unpaired) electrons. The molecule has 1 unspecified atom stereocenters. The van der Waals surface area contributed by atoms with E-state index in [4.69, 9.17) is 0 Å². The molecule has 0 aliphatic heterocycles. The molecule has 0 N–H and O–H groups in total. The van der Waals surface area contributed by atoms with E-state index in [9.17, 15) is 0 Å². The maximum atomic E-state index is 4.08. The molecule has 1 aliphatic rings. The van der Waals surface area contributed by atoms with E-state index in [1.807, 2.05) is 0 Å². The van der Waals surface area contributed by atoms with Crippen molar-refractivity contribution < 1.29 is 0 Å². The smallest absolute Gasteiger partial charge is 0.0390 e. The lowest BCUT2D eigenvalue weighted by Gasteiger charge is -2.21. The zero-order valence-corrected chi connectivity index (χ0v) is 7.84. The van der Waals surface area contributed by atoms with E-state index >= 15 is 0 Å². The Morgan fingerprint density at radius 3 is 3.00 bits per heavy atom. The lowest BCUT2D eigenvalue weighted by molar-refractivity contribution is 0.624. The van der Waals surface area contributed by atoms with E-state index in [2.05, 4.69) is 31.3 Å². The van der Waals surface area contributed by atoms with Gasteiger partial charge in [0.2, 0.25) is 0 Å². The Morgan fingerprint density at radius 1 is 1.58 bits per heavy atom. The van der Waals surface area contributed by atoms with Crippen molar-refractivity contribution in [1.82, 2.24) is 0 Å². The number of rotatable bonds is 3. The van der Waals surface area contributed by atoms with Crippen molar-refractivity contribution in [3.8, 4) is 0 Å². The van der Waals surface area contributed by atoms with E-state index in [1.54, 1.807) is 0 Å². The highest BCUT2D eigenvalue weighted by molar-refractivity contribution is 5.24. The Morgan fingerprint density at radius 2 is 2.33 bits per heavy atom. The maximum Gasteiger partial charge on any atom is 0.0390 e. The summed E-state index contributed by atoms with van der Waals surface area (Å²) >= 11 is 0. The highest BCUT2D eigenvalue weighted by Gasteiger charge is 2.14. The van der Waals surface area contributed by atoms with Crippen molar-refractivity contribution >= 4 is 6.72 Å². The van der Waals surface area contributed by atoms with Crippen molar-refractivity contribution in [2.75, 3.05) is 6.54 Å². The first kappa shape index (κ1) is 9.24. The van der Waals surface area contributed by atoms with Crippen LogP contribution in [0.25, 0.3) is 0 Å². The topological polar surface area (TPSA) is 12.4 Å². The Balaban J connectivity index is 2.54. The van der Waals surface area contributed by atoms with E-state index in [-0.39, 0.29) is 0 Å². The molecule has 0 spiro atoms. The monoisotopic (exact) mass is 163 g/mol. The quantitative estimate of drug-likeness (QED) is 0.448. The second kappa shape index (κ2) is 4.24. The molecule has 1 rings (SSSR count). The van der Waals surface area contributed by atoms with Crippen LogP contribution in [0.1, 0.15) is 26.2 Å². The van der Waals surface area contributed by atoms with Crippen molar-refractivity contribution in [1.29, 1.82) is 0 Å². The first-order valence-corrected chi connectivity index (χ1v) is 4.51. The molecule has 0 bridgehead atoms. The van der Waals surface area contributed by atoms with Crippen LogP contribution in [0.15, 0.2) is 28.8 Å². The van der Waals surface area contributed by atoms with Crippen LogP contribution in [0, 0.1) is 5.92 Å². The average Bonchev–Trinajstić information content (AvgIpc) is 2.07. The van der Waals surface area contributed by atoms with E-state index < -0.39 is 0 Å². The van der Waals surface area contributed by atoms with E-state index in [1.165, 1.54) is 17.6 Å². The summed E-state index contributed by atoms with van der Waals surface area (Å²) in [6, 6.07) is 0. The number of aliphatic imine (C=N–C) groups is 1. The van der Waals surface area contributed by atoms with Crippen LogP contribution >= 0.6 is 0 Å². The average molecular weight is 163 g/mol. The Hall–Kier alpha value is -0.850. The molecule has 0 aromatic carbocycles. The van der Waals surface area contributed by atoms with Gasteiger partial charge >= 0.3 is 0 Å². The molecule has 0 heterocycles. The highest BCUT2D eigenvalue weighted by atomic mass is 14.7. The zero-order valence-electron chi connectivity index (χ0n) is 7.84. The minimum Gasteiger partial charge on any atom is -0.301 e. The first-order valence-electron chi connectivity index (χ1n) is 4.51. The predicted octanol–water partition coefficient (Wildman–Crippen LogP) is 2.99. The van der Waals surface area contributed by atoms with E-state index in [0.717, 1.165) is 19.4 Å². The Kier molecular flexibility index (Phi) is 3.27. The molecular formula is C11H17N. The van der Waals surface area contributed by atoms with Crippen molar-refractivity contribution in [3.05, 3.63) is 23.8 Å². The van der Waals surface area contributed by atoms with Gasteiger partial charge in [0.05, 0.1) is 0 Å². The van der Waals surface area contributed by atoms with Crippen LogP contribution in [0.3, 0.4) is 0 Å². The third-order valence-corrected chi connectivity index (χ3v) is 2.45. The molecule has 1 atom stereocenters. The summed E-state index contributed by atoms with van der Waals surface area (Å²) in [7, 11) is 0. The highest BCUT2D eigenvalue weighted by Crippen LogP contribution is 2.28. The normalized spacial score (nSPS) is 23.6. The first-order chi connectivity index (χ1) is 5.74. The number of hydrogen-bond acceptors (Lipinski definition) is 1. The summed E-state index contributed by atoms with van der Waals surface area (Å²) < 4.78 is 0. The predicted molar refractivity (Wildman–Crippen MR) is 54.7 cm³/mol. The van der Waals surface area contributed by atoms with Gasteiger partial charge in [0, 0.05) is 6.54 Å².